The van der Waals surface area contributed by atoms with Crippen molar-refractivity contribution in [2.45, 2.75) is 13.5 Å². The lowest BCUT2D eigenvalue weighted by Crippen LogP contribution is -2.32. The first-order chi connectivity index (χ1) is 16.1. The number of para-hydroxylation sites is 1. The quantitative estimate of drug-likeness (QED) is 0.435. The molecule has 0 aliphatic rings. The zero-order valence-corrected chi connectivity index (χ0v) is 18.6. The minimum absolute atomic E-state index is 0.0805. The predicted molar refractivity (Wildman–Crippen MR) is 129 cm³/mol. The molecule has 1 amide bonds. The van der Waals surface area contributed by atoms with Crippen molar-refractivity contribution in [2.75, 3.05) is 23.8 Å². The molecule has 1 N–H and O–H groups in total. The number of anilines is 2. The van der Waals surface area contributed by atoms with Gasteiger partial charge in [0, 0.05) is 30.7 Å². The molecule has 4 aromatic rings. The molecular formula is C26H25N5O2. The molecule has 0 atom stereocenters. The molecular weight excluding hydrogens is 414 g/mol. The summed E-state index contributed by atoms with van der Waals surface area (Å²) in [5.74, 6) is 1.43. The van der Waals surface area contributed by atoms with E-state index in [0.29, 0.717) is 24.1 Å². The third kappa shape index (κ3) is 5.51. The average molecular weight is 440 g/mol. The molecule has 0 aliphatic heterocycles. The SMILES string of the molecule is Cc1c(NCC(=O)N(C)c2ccccc2)nc(-c2ccncc2)nc1OCc1ccccc1. The number of likely N-dealkylation sites (N-methyl/N-ethyl adjacent to an activating group) is 1. The van der Waals surface area contributed by atoms with Crippen molar-refractivity contribution in [3.8, 4) is 17.3 Å². The Labute approximate surface area is 193 Å². The summed E-state index contributed by atoms with van der Waals surface area (Å²) in [4.78, 5) is 27.7. The number of nitrogens with one attached hydrogen (secondary N) is 1. The summed E-state index contributed by atoms with van der Waals surface area (Å²) in [5.41, 5.74) is 3.41. The molecule has 0 aliphatic carbocycles. The Morgan fingerprint density at radius 3 is 2.30 bits per heavy atom. The summed E-state index contributed by atoms with van der Waals surface area (Å²) >= 11 is 0. The third-order valence-corrected chi connectivity index (χ3v) is 5.18. The molecule has 2 aromatic carbocycles. The van der Waals surface area contributed by atoms with Gasteiger partial charge in [0.05, 0.1) is 12.1 Å². The monoisotopic (exact) mass is 439 g/mol. The molecule has 166 valence electrons. The van der Waals surface area contributed by atoms with Crippen molar-refractivity contribution in [2.24, 2.45) is 0 Å². The topological polar surface area (TPSA) is 80.2 Å². The van der Waals surface area contributed by atoms with Crippen molar-refractivity contribution < 1.29 is 9.53 Å². The van der Waals surface area contributed by atoms with E-state index >= 15 is 0 Å². The van der Waals surface area contributed by atoms with Gasteiger partial charge in [0.1, 0.15) is 12.4 Å². The maximum Gasteiger partial charge on any atom is 0.246 e. The van der Waals surface area contributed by atoms with Crippen LogP contribution < -0.4 is 15.0 Å². The summed E-state index contributed by atoms with van der Waals surface area (Å²) in [6, 6.07) is 23.1. The Kier molecular flexibility index (Phi) is 6.90. The third-order valence-electron chi connectivity index (χ3n) is 5.18. The Morgan fingerprint density at radius 1 is 0.939 bits per heavy atom. The summed E-state index contributed by atoms with van der Waals surface area (Å²) < 4.78 is 6.05. The number of hydrogen-bond donors (Lipinski definition) is 1. The number of hydrogen-bond acceptors (Lipinski definition) is 6. The predicted octanol–water partition coefficient (Wildman–Crippen LogP) is 4.50. The number of benzene rings is 2. The second kappa shape index (κ2) is 10.4. The van der Waals surface area contributed by atoms with Gasteiger partial charge in [-0.15, -0.1) is 0 Å². The molecule has 0 fully saturated rings. The van der Waals surface area contributed by atoms with Gasteiger partial charge in [-0.05, 0) is 36.8 Å². The molecule has 33 heavy (non-hydrogen) atoms. The van der Waals surface area contributed by atoms with E-state index in [1.807, 2.05) is 79.7 Å². The molecule has 7 heteroatoms. The van der Waals surface area contributed by atoms with Gasteiger partial charge < -0.3 is 15.0 Å². The summed E-state index contributed by atoms with van der Waals surface area (Å²) in [6.07, 6.45) is 3.38. The summed E-state index contributed by atoms with van der Waals surface area (Å²) in [5, 5.41) is 3.17. The Morgan fingerprint density at radius 2 is 1.61 bits per heavy atom. The van der Waals surface area contributed by atoms with Crippen molar-refractivity contribution in [3.63, 3.8) is 0 Å². The lowest BCUT2D eigenvalue weighted by molar-refractivity contribution is -0.116. The zero-order chi connectivity index (χ0) is 23.0. The van der Waals surface area contributed by atoms with Crippen LogP contribution in [0.2, 0.25) is 0 Å². The maximum atomic E-state index is 12.8. The van der Waals surface area contributed by atoms with E-state index in [-0.39, 0.29) is 12.5 Å². The fourth-order valence-corrected chi connectivity index (χ4v) is 3.24. The summed E-state index contributed by atoms with van der Waals surface area (Å²) in [6.45, 7) is 2.34. The second-order valence-electron chi connectivity index (χ2n) is 7.48. The molecule has 4 rings (SSSR count). The van der Waals surface area contributed by atoms with E-state index in [4.69, 9.17) is 4.74 Å². The molecule has 0 spiro atoms. The van der Waals surface area contributed by atoms with Crippen LogP contribution in [0.5, 0.6) is 5.88 Å². The van der Waals surface area contributed by atoms with Crippen molar-refractivity contribution in [1.29, 1.82) is 0 Å². The van der Waals surface area contributed by atoms with Gasteiger partial charge >= 0.3 is 0 Å². The second-order valence-corrected chi connectivity index (χ2v) is 7.48. The van der Waals surface area contributed by atoms with Crippen molar-refractivity contribution in [1.82, 2.24) is 15.0 Å². The number of nitrogens with zero attached hydrogens (tertiary/aromatic N) is 4. The van der Waals surface area contributed by atoms with Crippen LogP contribution in [0.3, 0.4) is 0 Å². The van der Waals surface area contributed by atoms with Crippen LogP contribution >= 0.6 is 0 Å². The molecule has 0 unspecified atom stereocenters. The van der Waals surface area contributed by atoms with E-state index in [1.165, 1.54) is 0 Å². The number of aromatic nitrogens is 3. The van der Waals surface area contributed by atoms with Crippen molar-refractivity contribution in [3.05, 3.63) is 96.3 Å². The van der Waals surface area contributed by atoms with Crippen LogP contribution in [0.15, 0.2) is 85.2 Å². The van der Waals surface area contributed by atoms with Gasteiger partial charge in [-0.1, -0.05) is 48.5 Å². The molecule has 2 aromatic heterocycles. The highest BCUT2D eigenvalue weighted by molar-refractivity contribution is 5.95. The molecule has 0 saturated heterocycles. The van der Waals surface area contributed by atoms with E-state index < -0.39 is 0 Å². The molecule has 0 saturated carbocycles. The normalized spacial score (nSPS) is 10.5. The van der Waals surface area contributed by atoms with Crippen LogP contribution in [0.4, 0.5) is 11.5 Å². The summed E-state index contributed by atoms with van der Waals surface area (Å²) in [7, 11) is 1.75. The standard InChI is InChI=1S/C26H25N5O2/c1-19-24(28-17-23(32)31(2)22-11-7-4-8-12-22)29-25(21-13-15-27-16-14-21)30-26(19)33-18-20-9-5-3-6-10-20/h3-16H,17-18H2,1-2H3,(H,28,29,30). The van der Waals surface area contributed by atoms with Gasteiger partial charge in [-0.2, -0.15) is 4.98 Å². The molecule has 2 heterocycles. The van der Waals surface area contributed by atoms with Gasteiger partial charge in [-0.3, -0.25) is 9.78 Å². The molecule has 0 radical (unpaired) electrons. The van der Waals surface area contributed by atoms with Crippen LogP contribution in [0, 0.1) is 6.92 Å². The number of rotatable bonds is 8. The number of pyridine rings is 1. The fourth-order valence-electron chi connectivity index (χ4n) is 3.24. The minimum atomic E-state index is -0.0866. The fraction of sp³-hybridized carbons (Fsp3) is 0.154. The van der Waals surface area contributed by atoms with E-state index in [9.17, 15) is 4.79 Å². The van der Waals surface area contributed by atoms with E-state index in [2.05, 4.69) is 20.3 Å². The van der Waals surface area contributed by atoms with Gasteiger partial charge in [0.2, 0.25) is 11.8 Å². The first-order valence-corrected chi connectivity index (χ1v) is 10.6. The number of amides is 1. The molecule has 0 bridgehead atoms. The minimum Gasteiger partial charge on any atom is -0.472 e. The van der Waals surface area contributed by atoms with Crippen LogP contribution in [-0.2, 0) is 11.4 Å². The van der Waals surface area contributed by atoms with Gasteiger partial charge in [0.25, 0.3) is 0 Å². The van der Waals surface area contributed by atoms with Crippen LogP contribution in [-0.4, -0.2) is 34.5 Å². The van der Waals surface area contributed by atoms with Gasteiger partial charge in [-0.25, -0.2) is 4.98 Å². The first-order valence-electron chi connectivity index (χ1n) is 10.6. The maximum absolute atomic E-state index is 12.8. The average Bonchev–Trinajstić information content (AvgIpc) is 2.88. The number of ether oxygens (including phenoxy) is 1. The van der Waals surface area contributed by atoms with Crippen molar-refractivity contribution >= 4 is 17.4 Å². The highest BCUT2D eigenvalue weighted by Gasteiger charge is 2.16. The Bertz CT molecular complexity index is 1200. The van der Waals surface area contributed by atoms with E-state index in [0.717, 1.165) is 22.4 Å². The Hall–Kier alpha value is -4.26. The zero-order valence-electron chi connectivity index (χ0n) is 18.6. The molecule has 7 nitrogen and oxygen atoms in total. The number of carbonyl (C=O) groups is 1. The van der Waals surface area contributed by atoms with E-state index in [1.54, 1.807) is 24.3 Å². The smallest absolute Gasteiger partial charge is 0.246 e. The largest absolute Gasteiger partial charge is 0.472 e. The number of carbonyl (C=O) groups excluding carboxylic acids is 1. The van der Waals surface area contributed by atoms with Crippen LogP contribution in [0.1, 0.15) is 11.1 Å². The Balaban J connectivity index is 1.57. The highest BCUT2D eigenvalue weighted by atomic mass is 16.5. The lowest BCUT2D eigenvalue weighted by atomic mass is 10.2. The highest BCUT2D eigenvalue weighted by Crippen LogP contribution is 2.27. The van der Waals surface area contributed by atoms with Crippen LogP contribution in [0.25, 0.3) is 11.4 Å². The van der Waals surface area contributed by atoms with Gasteiger partial charge in [0.15, 0.2) is 5.82 Å². The first kappa shape index (κ1) is 22.0. The lowest BCUT2D eigenvalue weighted by Gasteiger charge is -2.19.